The minimum absolute atomic E-state index is 0.126. The van der Waals surface area contributed by atoms with Crippen LogP contribution in [-0.4, -0.2) is 48.3 Å². The van der Waals surface area contributed by atoms with E-state index < -0.39 is 0 Å². The van der Waals surface area contributed by atoms with Gasteiger partial charge in [-0.25, -0.2) is 17.6 Å². The van der Waals surface area contributed by atoms with Gasteiger partial charge in [0.2, 0.25) is 0 Å². The fraction of sp³-hybridized carbons (Fsp3) is 0.0583. The molecule has 7 heterocycles. The molecule has 18 heteroatoms. The predicted molar refractivity (Wildman–Crippen MR) is 470 cm³/mol. The van der Waals surface area contributed by atoms with Crippen molar-refractivity contribution in [2.45, 2.75) is 25.7 Å². The quantitative estimate of drug-likeness (QED) is 0.0371. The summed E-state index contributed by atoms with van der Waals surface area (Å²) in [4.78, 5) is 75.6. The standard InChI is InChI=1S/C25H17NO3.C23H14FNO.C19H12FNO.C18H12FNO2.C18H16FNO2/c1-2-20-21(19-12-13-23(27)24(28)14-19)15-22(26-25(20)29)18-10-8-17(9-11-18)16-6-4-3-5-7-16;1-2-20-21(18-8-7-15-5-3-4-6-17(15)13-18)14-22(25-23(20)26)16-9-11-19(24)12-10-16;1-2-16-17(13-6-4-3-5-7-13)12-18(21-19(16)22)14-8-10-15(20)11-9-14;1-3-14-15(17-9-4-11(2)22-17)10-16(20-18(14)21)12-5-7-13(19)8-6-12;1-2-15-16(13-4-3-9-22-11-13)10-17(20-18(15)21)12-5-7-14(19)8-6-12/h1,3-15,27-28H,(H,26,29);1,3-14H,(H,25,26);1,3-12H,(H,21,22);1,4-10H,2H3,(H,20,21);1,5-8,10,13H,3-4,9,11H2,(H,20,21). The first-order valence-electron chi connectivity index (χ1n) is 37.8. The number of phenols is 2. The summed E-state index contributed by atoms with van der Waals surface area (Å²) in [5.41, 5.74) is 14.0. The third-order valence-electron chi connectivity index (χ3n) is 19.9. The van der Waals surface area contributed by atoms with Crippen LogP contribution in [0.25, 0.3) is 123 Å². The Morgan fingerprint density at radius 2 is 0.669 bits per heavy atom. The molecule has 0 saturated carbocycles. The summed E-state index contributed by atoms with van der Waals surface area (Å²) < 4.78 is 63.4. The van der Waals surface area contributed by atoms with Crippen LogP contribution in [0.3, 0.4) is 0 Å². The third-order valence-corrected chi connectivity index (χ3v) is 19.9. The average Bonchev–Trinajstić information content (AvgIpc) is 1.62. The molecule has 590 valence electrons. The Balaban J connectivity index is 0.000000131. The number of hydrogen-bond acceptors (Lipinski definition) is 9. The summed E-state index contributed by atoms with van der Waals surface area (Å²) >= 11 is 0. The van der Waals surface area contributed by atoms with Crippen LogP contribution in [0.15, 0.2) is 314 Å². The first-order valence-corrected chi connectivity index (χ1v) is 37.8. The number of benzene rings is 10. The highest BCUT2D eigenvalue weighted by atomic mass is 19.1. The maximum absolute atomic E-state index is 13.2. The number of aromatic amines is 5. The predicted octanol–water partition coefficient (Wildman–Crippen LogP) is 20.4. The van der Waals surface area contributed by atoms with E-state index in [0.29, 0.717) is 85.3 Å². The lowest BCUT2D eigenvalue weighted by atomic mass is 9.90. The van der Waals surface area contributed by atoms with Gasteiger partial charge in [0, 0.05) is 63.2 Å². The third kappa shape index (κ3) is 19.6. The van der Waals surface area contributed by atoms with Crippen molar-refractivity contribution >= 4 is 10.8 Å². The largest absolute Gasteiger partial charge is 0.504 e. The molecule has 1 atom stereocenters. The molecule has 1 aliphatic rings. The lowest BCUT2D eigenvalue weighted by Gasteiger charge is -2.23. The molecule has 1 aliphatic heterocycles. The van der Waals surface area contributed by atoms with E-state index in [9.17, 15) is 51.7 Å². The first-order chi connectivity index (χ1) is 58.7. The van der Waals surface area contributed by atoms with Crippen LogP contribution < -0.4 is 27.8 Å². The molecule has 0 radical (unpaired) electrons. The van der Waals surface area contributed by atoms with E-state index in [1.54, 1.807) is 78.9 Å². The summed E-state index contributed by atoms with van der Waals surface area (Å²) in [6, 6.07) is 82.0. The van der Waals surface area contributed by atoms with Crippen molar-refractivity contribution in [2.75, 3.05) is 13.2 Å². The zero-order valence-corrected chi connectivity index (χ0v) is 64.7. The summed E-state index contributed by atoms with van der Waals surface area (Å²) in [6.07, 6.45) is 29.5. The number of ether oxygens (including phenoxy) is 1. The molecule has 121 heavy (non-hydrogen) atoms. The number of phenolic OH excluding ortho intramolecular Hbond substituents is 2. The van der Waals surface area contributed by atoms with Crippen molar-refractivity contribution in [3.05, 3.63) is 399 Å². The molecular formula is C103H71F4N5O9. The van der Waals surface area contributed by atoms with Crippen LogP contribution in [0.4, 0.5) is 17.6 Å². The van der Waals surface area contributed by atoms with Gasteiger partial charge in [0.1, 0.15) is 40.4 Å². The van der Waals surface area contributed by atoms with Crippen molar-refractivity contribution in [3.8, 4) is 185 Å². The van der Waals surface area contributed by atoms with E-state index in [4.69, 9.17) is 41.3 Å². The van der Waals surface area contributed by atoms with Gasteiger partial charge in [-0.2, -0.15) is 0 Å². The lowest BCUT2D eigenvalue weighted by Crippen LogP contribution is -2.21. The number of furan rings is 1. The number of fused-ring (bicyclic) bond motifs is 1. The van der Waals surface area contributed by atoms with Crippen LogP contribution in [0.2, 0.25) is 0 Å². The van der Waals surface area contributed by atoms with Crippen LogP contribution in [-0.2, 0) is 4.74 Å². The van der Waals surface area contributed by atoms with Gasteiger partial charge in [0.15, 0.2) is 11.5 Å². The number of hydrogen-bond donors (Lipinski definition) is 7. The molecule has 7 N–H and O–H groups in total. The van der Waals surface area contributed by atoms with E-state index in [-0.39, 0.29) is 90.7 Å². The van der Waals surface area contributed by atoms with Crippen molar-refractivity contribution in [3.63, 3.8) is 0 Å². The number of aromatic hydroxyl groups is 2. The monoisotopic (exact) mass is 1600 g/mol. The number of H-pyrrole nitrogens is 5. The normalized spacial score (nSPS) is 11.8. The fourth-order valence-corrected chi connectivity index (χ4v) is 13.7. The van der Waals surface area contributed by atoms with Crippen LogP contribution >= 0.6 is 0 Å². The number of rotatable bonds is 11. The van der Waals surface area contributed by atoms with Crippen LogP contribution in [0.1, 0.15) is 57.9 Å². The highest BCUT2D eigenvalue weighted by molar-refractivity contribution is 5.89. The molecule has 17 rings (SSSR count). The smallest absolute Gasteiger partial charge is 0.264 e. The molecular weight excluding hydrogens is 1530 g/mol. The second-order valence-electron chi connectivity index (χ2n) is 27.7. The maximum Gasteiger partial charge on any atom is 0.264 e. The second kappa shape index (κ2) is 37.9. The number of terminal acetylenes is 5. The summed E-state index contributed by atoms with van der Waals surface area (Å²) in [7, 11) is 0. The molecule has 0 amide bonds. The minimum Gasteiger partial charge on any atom is -0.504 e. The molecule has 1 saturated heterocycles. The van der Waals surface area contributed by atoms with Gasteiger partial charge in [-0.15, -0.1) is 32.1 Å². The Hall–Kier alpha value is -16.4. The summed E-state index contributed by atoms with van der Waals surface area (Å²) in [5.74, 6) is 11.8. The van der Waals surface area contributed by atoms with E-state index >= 15 is 0 Å². The Morgan fingerprint density at radius 1 is 0.331 bits per heavy atom. The van der Waals surface area contributed by atoms with Crippen molar-refractivity contribution in [1.82, 2.24) is 24.9 Å². The second-order valence-corrected chi connectivity index (χ2v) is 27.7. The van der Waals surface area contributed by atoms with Gasteiger partial charge >= 0.3 is 0 Å². The Kier molecular flexibility index (Phi) is 25.9. The lowest BCUT2D eigenvalue weighted by molar-refractivity contribution is 0.0803. The number of pyridine rings is 5. The van der Waals surface area contributed by atoms with Gasteiger partial charge in [0.25, 0.3) is 27.8 Å². The Labute approximate surface area is 692 Å². The number of nitrogens with one attached hydrogen (secondary N) is 5. The molecule has 14 nitrogen and oxygen atoms in total. The Bertz CT molecular complexity index is 7050. The number of aryl methyl sites for hydroxylation is 1. The van der Waals surface area contributed by atoms with Gasteiger partial charge in [-0.3, -0.25) is 24.0 Å². The number of halogens is 4. The molecule has 0 spiro atoms. The molecule has 16 aromatic rings. The molecule has 10 aromatic carbocycles. The molecule has 1 unspecified atom stereocenters. The van der Waals surface area contributed by atoms with E-state index in [0.717, 1.165) is 80.5 Å². The van der Waals surface area contributed by atoms with Gasteiger partial charge < -0.3 is 44.3 Å². The first kappa shape index (κ1) is 82.5. The molecule has 0 aliphatic carbocycles. The van der Waals surface area contributed by atoms with Crippen molar-refractivity contribution < 1.29 is 36.9 Å². The SMILES string of the molecule is C#Cc1c(-c2ccc(C)o2)cc(-c2ccc(F)cc2)[nH]c1=O.C#Cc1c(-c2ccc(O)c(O)c2)cc(-c2ccc(-c3ccccc3)cc2)[nH]c1=O.C#Cc1c(-c2ccc3ccccc3c2)cc(-c2ccc(F)cc2)[nH]c1=O.C#Cc1c(-c2ccccc2)cc(-c2ccc(F)cc2)[nH]c1=O.C#Cc1c(C2CCCOC2)cc(-c2ccc(F)cc2)[nH]c1=O. The summed E-state index contributed by atoms with van der Waals surface area (Å²) in [5, 5.41) is 21.6. The fourth-order valence-electron chi connectivity index (χ4n) is 13.7. The zero-order valence-electron chi connectivity index (χ0n) is 64.7. The highest BCUT2D eigenvalue weighted by Gasteiger charge is 2.23. The van der Waals surface area contributed by atoms with Crippen LogP contribution in [0.5, 0.6) is 11.5 Å². The van der Waals surface area contributed by atoms with Crippen molar-refractivity contribution in [2.24, 2.45) is 0 Å². The van der Waals surface area contributed by atoms with E-state index in [1.165, 1.54) is 60.7 Å². The van der Waals surface area contributed by atoms with E-state index in [1.807, 2.05) is 153 Å². The van der Waals surface area contributed by atoms with Crippen molar-refractivity contribution in [1.29, 1.82) is 0 Å². The maximum atomic E-state index is 13.2. The van der Waals surface area contributed by atoms with Gasteiger partial charge in [-0.1, -0.05) is 157 Å². The van der Waals surface area contributed by atoms with Gasteiger partial charge in [0.05, 0.1) is 28.9 Å². The van der Waals surface area contributed by atoms with Crippen LogP contribution in [0, 0.1) is 91.9 Å². The highest BCUT2D eigenvalue weighted by Crippen LogP contribution is 2.37. The molecule has 6 aromatic heterocycles. The topological polar surface area (TPSA) is 227 Å². The van der Waals surface area contributed by atoms with Gasteiger partial charge in [-0.05, 0) is 249 Å². The number of aromatic nitrogens is 5. The van der Waals surface area contributed by atoms with E-state index in [2.05, 4.69) is 54.5 Å². The minimum atomic E-state index is -0.389. The summed E-state index contributed by atoms with van der Waals surface area (Å²) in [6.45, 7) is 3.13. The molecule has 0 bridgehead atoms. The average molecular weight is 1600 g/mol. The Morgan fingerprint density at radius 3 is 1.07 bits per heavy atom. The molecule has 1 fully saturated rings. The zero-order chi connectivity index (χ0) is 85.2.